The molecule has 152 valence electrons. The van der Waals surface area contributed by atoms with Gasteiger partial charge in [-0.05, 0) is 70.5 Å². The number of hydrogen-bond acceptors (Lipinski definition) is 4. The monoisotopic (exact) mass is 392 g/mol. The minimum absolute atomic E-state index is 0.0525. The molecule has 0 saturated carbocycles. The van der Waals surface area contributed by atoms with Crippen molar-refractivity contribution in [1.29, 1.82) is 0 Å². The van der Waals surface area contributed by atoms with Gasteiger partial charge < -0.3 is 10.3 Å². The second kappa shape index (κ2) is 8.21. The number of piperidine rings is 1. The molecule has 7 nitrogen and oxygen atoms in total. The molecule has 1 aliphatic heterocycles. The molecule has 2 N–H and O–H groups in total. The molecule has 1 fully saturated rings. The first-order valence-electron chi connectivity index (χ1n) is 10.2. The number of rotatable bonds is 5. The van der Waals surface area contributed by atoms with Crippen molar-refractivity contribution >= 4 is 11.6 Å². The van der Waals surface area contributed by atoms with E-state index in [9.17, 15) is 4.79 Å². The summed E-state index contributed by atoms with van der Waals surface area (Å²) in [7, 11) is 0. The van der Waals surface area contributed by atoms with Crippen LogP contribution in [-0.2, 0) is 11.3 Å². The Morgan fingerprint density at radius 3 is 2.66 bits per heavy atom. The molecular weight excluding hydrogens is 364 g/mol. The van der Waals surface area contributed by atoms with Crippen molar-refractivity contribution in [2.24, 2.45) is 0 Å². The molecule has 1 saturated heterocycles. The van der Waals surface area contributed by atoms with Crippen LogP contribution in [0.15, 0.2) is 36.7 Å². The van der Waals surface area contributed by atoms with E-state index in [1.54, 1.807) is 6.33 Å². The number of H-pyrrole nitrogens is 1. The molecule has 1 aliphatic rings. The second-order valence-electron chi connectivity index (χ2n) is 7.83. The number of nitrogens with zero attached hydrogens (tertiary/aromatic N) is 4. The number of carbonyl (C=O) groups is 1. The number of nitrogens with one attached hydrogen (secondary N) is 2. The maximum Gasteiger partial charge on any atom is 0.241 e. The number of imidazole rings is 1. The lowest BCUT2D eigenvalue weighted by Crippen LogP contribution is -2.46. The zero-order valence-electron chi connectivity index (χ0n) is 17.3. The Hall–Kier alpha value is -2.93. The molecule has 29 heavy (non-hydrogen) atoms. The summed E-state index contributed by atoms with van der Waals surface area (Å²) in [5.41, 5.74) is 5.95. The van der Waals surface area contributed by atoms with Gasteiger partial charge in [0, 0.05) is 23.6 Å². The van der Waals surface area contributed by atoms with E-state index < -0.39 is 0 Å². The van der Waals surface area contributed by atoms with Gasteiger partial charge in [0.15, 0.2) is 0 Å². The van der Waals surface area contributed by atoms with E-state index in [1.165, 1.54) is 0 Å². The smallest absolute Gasteiger partial charge is 0.241 e. The van der Waals surface area contributed by atoms with Gasteiger partial charge in [0.05, 0.1) is 29.4 Å². The van der Waals surface area contributed by atoms with Crippen LogP contribution >= 0.6 is 0 Å². The van der Waals surface area contributed by atoms with Crippen molar-refractivity contribution in [1.82, 2.24) is 24.6 Å². The highest BCUT2D eigenvalue weighted by atomic mass is 16.2. The van der Waals surface area contributed by atoms with Gasteiger partial charge in [0.25, 0.3) is 0 Å². The molecule has 0 bridgehead atoms. The minimum atomic E-state index is -0.129. The van der Waals surface area contributed by atoms with E-state index in [1.807, 2.05) is 49.7 Å². The fourth-order valence-electron chi connectivity index (χ4n) is 4.02. The summed E-state index contributed by atoms with van der Waals surface area (Å²) in [5.74, 6) is 0.0525. The highest BCUT2D eigenvalue weighted by Gasteiger charge is 2.29. The average Bonchev–Trinajstić information content (AvgIpc) is 3.27. The number of aromatic nitrogens is 4. The van der Waals surface area contributed by atoms with Gasteiger partial charge in [0.2, 0.25) is 5.91 Å². The molecule has 1 atom stereocenters. The molecule has 0 radical (unpaired) electrons. The maximum atomic E-state index is 13.0. The summed E-state index contributed by atoms with van der Waals surface area (Å²) in [6.07, 6.45) is 4.78. The zero-order valence-corrected chi connectivity index (χ0v) is 17.3. The molecule has 3 heterocycles. The third-order valence-corrected chi connectivity index (χ3v) is 5.59. The highest BCUT2D eigenvalue weighted by Crippen LogP contribution is 2.22. The van der Waals surface area contributed by atoms with Crippen molar-refractivity contribution in [3.63, 3.8) is 0 Å². The van der Waals surface area contributed by atoms with Gasteiger partial charge in [-0.2, -0.15) is 5.10 Å². The van der Waals surface area contributed by atoms with Crippen LogP contribution in [0, 0.1) is 20.8 Å². The largest absolute Gasteiger partial charge is 0.348 e. The van der Waals surface area contributed by atoms with E-state index in [0.717, 1.165) is 60.0 Å². The van der Waals surface area contributed by atoms with E-state index in [0.29, 0.717) is 6.54 Å². The van der Waals surface area contributed by atoms with Crippen LogP contribution in [0.1, 0.15) is 42.0 Å². The number of hydrogen-bond donors (Lipinski definition) is 2. The molecule has 7 heteroatoms. The molecule has 0 unspecified atom stereocenters. The van der Waals surface area contributed by atoms with Crippen LogP contribution in [0.4, 0.5) is 5.69 Å². The summed E-state index contributed by atoms with van der Waals surface area (Å²) < 4.78 is 1.91. The lowest BCUT2D eigenvalue weighted by atomic mass is 10.0. The van der Waals surface area contributed by atoms with Crippen LogP contribution < -0.4 is 5.32 Å². The van der Waals surface area contributed by atoms with E-state index >= 15 is 0 Å². The molecule has 1 amide bonds. The third kappa shape index (κ3) is 4.24. The summed E-state index contributed by atoms with van der Waals surface area (Å²) in [4.78, 5) is 22.8. The van der Waals surface area contributed by atoms with Crippen molar-refractivity contribution in [3.05, 3.63) is 59.4 Å². The molecule has 0 aliphatic carbocycles. The molecule has 4 rings (SSSR count). The molecule has 3 aromatic rings. The number of likely N-dealkylation sites (tertiary alicyclic amines) is 1. The van der Waals surface area contributed by atoms with Gasteiger partial charge in [0.1, 0.15) is 0 Å². The molecular formula is C22H28N6O. The SMILES string of the molecule is Cc1cc(C)n(-c2ccc(NC(=O)[C@@H]3CCCCN3Cc3nc[nH]c3C)cc2)n1. The Balaban J connectivity index is 1.44. The van der Waals surface area contributed by atoms with E-state index in [2.05, 4.69) is 31.3 Å². The zero-order chi connectivity index (χ0) is 20.4. The van der Waals surface area contributed by atoms with Crippen LogP contribution in [0.25, 0.3) is 5.69 Å². The van der Waals surface area contributed by atoms with Gasteiger partial charge in [-0.3, -0.25) is 9.69 Å². The van der Waals surface area contributed by atoms with Gasteiger partial charge in [-0.1, -0.05) is 6.42 Å². The lowest BCUT2D eigenvalue weighted by Gasteiger charge is -2.34. The Bertz CT molecular complexity index is 987. The van der Waals surface area contributed by atoms with Crippen LogP contribution in [0.5, 0.6) is 0 Å². The molecule has 1 aromatic carbocycles. The Kier molecular flexibility index (Phi) is 5.49. The fraction of sp³-hybridized carbons (Fsp3) is 0.409. The maximum absolute atomic E-state index is 13.0. The first kappa shape index (κ1) is 19.4. The lowest BCUT2D eigenvalue weighted by molar-refractivity contribution is -0.122. The van der Waals surface area contributed by atoms with Crippen molar-refractivity contribution < 1.29 is 4.79 Å². The predicted molar refractivity (Wildman–Crippen MR) is 113 cm³/mol. The van der Waals surface area contributed by atoms with E-state index in [4.69, 9.17) is 0 Å². The third-order valence-electron chi connectivity index (χ3n) is 5.59. The summed E-state index contributed by atoms with van der Waals surface area (Å²) in [5, 5.41) is 7.61. The van der Waals surface area contributed by atoms with Crippen molar-refractivity contribution in [2.75, 3.05) is 11.9 Å². The minimum Gasteiger partial charge on any atom is -0.348 e. The first-order chi connectivity index (χ1) is 14.0. The second-order valence-corrected chi connectivity index (χ2v) is 7.83. The normalized spacial score (nSPS) is 17.4. The van der Waals surface area contributed by atoms with Gasteiger partial charge in [-0.15, -0.1) is 0 Å². The fourth-order valence-corrected chi connectivity index (χ4v) is 4.02. The van der Waals surface area contributed by atoms with Crippen LogP contribution in [0.2, 0.25) is 0 Å². The van der Waals surface area contributed by atoms with Crippen molar-refractivity contribution in [2.45, 2.75) is 52.6 Å². The Morgan fingerprint density at radius 2 is 2.00 bits per heavy atom. The predicted octanol–water partition coefficient (Wildman–Crippen LogP) is 3.51. The average molecular weight is 393 g/mol. The highest BCUT2D eigenvalue weighted by molar-refractivity contribution is 5.95. The Labute approximate surface area is 171 Å². The Morgan fingerprint density at radius 1 is 1.21 bits per heavy atom. The van der Waals surface area contributed by atoms with Crippen LogP contribution in [-0.4, -0.2) is 43.1 Å². The first-order valence-corrected chi connectivity index (χ1v) is 10.2. The number of aryl methyl sites for hydroxylation is 3. The van der Waals surface area contributed by atoms with Gasteiger partial charge >= 0.3 is 0 Å². The standard InChI is InChI=1S/C22H28N6O/c1-15-12-16(2)28(26-15)19-9-7-18(8-10-19)25-22(29)21-6-4-5-11-27(21)13-20-17(3)23-14-24-20/h7-10,12,14,21H,4-6,11,13H2,1-3H3,(H,23,24)(H,25,29)/t21-/m0/s1. The summed E-state index contributed by atoms with van der Waals surface area (Å²) in [6.45, 7) is 7.66. The topological polar surface area (TPSA) is 78.8 Å². The summed E-state index contributed by atoms with van der Waals surface area (Å²) in [6, 6.07) is 9.77. The van der Waals surface area contributed by atoms with Crippen molar-refractivity contribution in [3.8, 4) is 5.69 Å². The van der Waals surface area contributed by atoms with Gasteiger partial charge in [-0.25, -0.2) is 9.67 Å². The number of carbonyl (C=O) groups excluding carboxylic acids is 1. The van der Waals surface area contributed by atoms with E-state index in [-0.39, 0.29) is 11.9 Å². The summed E-state index contributed by atoms with van der Waals surface area (Å²) >= 11 is 0. The van der Waals surface area contributed by atoms with Crippen LogP contribution in [0.3, 0.4) is 0 Å². The number of aromatic amines is 1. The number of amides is 1. The molecule has 2 aromatic heterocycles. The number of anilines is 1. The quantitative estimate of drug-likeness (QED) is 0.696. The molecule has 0 spiro atoms. The number of benzene rings is 1.